The maximum absolute atomic E-state index is 10.7. The first-order chi connectivity index (χ1) is 9.24. The van der Waals surface area contributed by atoms with Gasteiger partial charge in [0.15, 0.2) is 5.82 Å². The van der Waals surface area contributed by atoms with Gasteiger partial charge in [0.2, 0.25) is 0 Å². The van der Waals surface area contributed by atoms with Crippen LogP contribution in [0.25, 0.3) is 22.2 Å². The Bertz CT molecular complexity index is 751. The highest BCUT2D eigenvalue weighted by atomic mass is 16.4. The second kappa shape index (κ2) is 4.49. The molecule has 2 aromatic carbocycles. The topological polar surface area (TPSA) is 80.9 Å². The molecule has 0 aliphatic rings. The van der Waals surface area contributed by atoms with Crippen LogP contribution in [0, 0.1) is 0 Å². The first kappa shape index (κ1) is 11.3. The molecule has 1 N–H and O–H groups in total. The minimum absolute atomic E-state index is 0.255. The normalized spacial score (nSPS) is 10.7. The van der Waals surface area contributed by atoms with Crippen LogP contribution >= 0.6 is 0 Å². The quantitative estimate of drug-likeness (QED) is 0.767. The highest BCUT2D eigenvalue weighted by Gasteiger charge is 2.11. The molecule has 1 heterocycles. The van der Waals surface area contributed by atoms with Crippen LogP contribution in [0.5, 0.6) is 0 Å². The summed E-state index contributed by atoms with van der Waals surface area (Å²) in [5.41, 5.74) is 0.796. The number of rotatable bonds is 3. The van der Waals surface area contributed by atoms with Gasteiger partial charge in [0.1, 0.15) is 6.54 Å². The molecule has 3 rings (SSSR count). The van der Waals surface area contributed by atoms with Gasteiger partial charge in [-0.2, -0.15) is 0 Å². The van der Waals surface area contributed by atoms with Gasteiger partial charge in [0, 0.05) is 5.56 Å². The van der Waals surface area contributed by atoms with Crippen molar-refractivity contribution in [2.45, 2.75) is 6.54 Å². The van der Waals surface area contributed by atoms with E-state index in [4.69, 9.17) is 5.11 Å². The zero-order valence-corrected chi connectivity index (χ0v) is 9.89. The van der Waals surface area contributed by atoms with Crippen molar-refractivity contribution in [3.05, 3.63) is 42.5 Å². The summed E-state index contributed by atoms with van der Waals surface area (Å²) in [6.07, 6.45) is 0. The molecule has 3 aromatic rings. The van der Waals surface area contributed by atoms with Crippen LogP contribution < -0.4 is 0 Å². The summed E-state index contributed by atoms with van der Waals surface area (Å²) in [5.74, 6) is -0.525. The van der Waals surface area contributed by atoms with Gasteiger partial charge in [-0.3, -0.25) is 4.79 Å². The second-order valence-electron chi connectivity index (χ2n) is 4.12. The zero-order valence-electron chi connectivity index (χ0n) is 9.89. The van der Waals surface area contributed by atoms with E-state index in [-0.39, 0.29) is 6.54 Å². The third kappa shape index (κ3) is 2.15. The lowest BCUT2D eigenvalue weighted by Gasteiger charge is -2.03. The van der Waals surface area contributed by atoms with Crippen LogP contribution in [-0.4, -0.2) is 31.3 Å². The summed E-state index contributed by atoms with van der Waals surface area (Å²) in [7, 11) is 0. The predicted molar refractivity (Wildman–Crippen MR) is 68.4 cm³/mol. The fourth-order valence-electron chi connectivity index (χ4n) is 1.97. The monoisotopic (exact) mass is 254 g/mol. The zero-order chi connectivity index (χ0) is 13.2. The molecule has 1 aromatic heterocycles. The van der Waals surface area contributed by atoms with Crippen LogP contribution in [0.15, 0.2) is 42.5 Å². The third-order valence-corrected chi connectivity index (χ3v) is 2.82. The first-order valence-corrected chi connectivity index (χ1v) is 5.71. The van der Waals surface area contributed by atoms with Crippen molar-refractivity contribution in [2.24, 2.45) is 0 Å². The Hall–Kier alpha value is -2.76. The van der Waals surface area contributed by atoms with E-state index in [0.29, 0.717) is 5.82 Å². The van der Waals surface area contributed by atoms with Gasteiger partial charge in [0.05, 0.1) is 0 Å². The van der Waals surface area contributed by atoms with Crippen molar-refractivity contribution in [2.75, 3.05) is 0 Å². The fraction of sp³-hybridized carbons (Fsp3) is 0.0769. The van der Waals surface area contributed by atoms with E-state index in [9.17, 15) is 4.79 Å². The van der Waals surface area contributed by atoms with Gasteiger partial charge >= 0.3 is 5.97 Å². The number of aliphatic carboxylic acids is 1. The van der Waals surface area contributed by atoms with Crippen LogP contribution in [-0.2, 0) is 11.3 Å². The molecule has 0 atom stereocenters. The van der Waals surface area contributed by atoms with E-state index in [2.05, 4.69) is 15.5 Å². The van der Waals surface area contributed by atoms with Crippen molar-refractivity contribution in [1.29, 1.82) is 0 Å². The maximum Gasteiger partial charge on any atom is 0.325 e. The summed E-state index contributed by atoms with van der Waals surface area (Å²) in [6.45, 7) is -0.255. The van der Waals surface area contributed by atoms with Crippen molar-refractivity contribution in [3.63, 3.8) is 0 Å². The average molecular weight is 254 g/mol. The van der Waals surface area contributed by atoms with E-state index in [1.807, 2.05) is 42.5 Å². The molecule has 19 heavy (non-hydrogen) atoms. The number of hydrogen-bond acceptors (Lipinski definition) is 4. The minimum Gasteiger partial charge on any atom is -0.480 e. The van der Waals surface area contributed by atoms with Crippen LogP contribution in [0.2, 0.25) is 0 Å². The molecule has 0 spiro atoms. The average Bonchev–Trinajstić information content (AvgIpc) is 2.85. The van der Waals surface area contributed by atoms with Gasteiger partial charge in [-0.05, 0) is 27.3 Å². The predicted octanol–water partition coefficient (Wildman–Crippen LogP) is 1.58. The van der Waals surface area contributed by atoms with Crippen molar-refractivity contribution in [3.8, 4) is 11.4 Å². The summed E-state index contributed by atoms with van der Waals surface area (Å²) >= 11 is 0. The van der Waals surface area contributed by atoms with Gasteiger partial charge < -0.3 is 5.11 Å². The molecule has 0 amide bonds. The molecule has 0 aliphatic heterocycles. The number of nitrogens with zero attached hydrogens (tertiary/aromatic N) is 4. The second-order valence-corrected chi connectivity index (χ2v) is 4.12. The van der Waals surface area contributed by atoms with Gasteiger partial charge in [0.25, 0.3) is 0 Å². The van der Waals surface area contributed by atoms with Crippen LogP contribution in [0.3, 0.4) is 0 Å². The molecule has 0 radical (unpaired) electrons. The largest absolute Gasteiger partial charge is 0.480 e. The summed E-state index contributed by atoms with van der Waals surface area (Å²) in [4.78, 5) is 10.7. The van der Waals surface area contributed by atoms with Gasteiger partial charge in [-0.15, -0.1) is 5.10 Å². The summed E-state index contributed by atoms with van der Waals surface area (Å²) < 4.78 is 1.27. The number of carbonyl (C=O) groups is 1. The van der Waals surface area contributed by atoms with Gasteiger partial charge in [-0.1, -0.05) is 36.4 Å². The maximum atomic E-state index is 10.7. The number of hydrogen-bond donors (Lipinski definition) is 1. The molecule has 0 bridgehead atoms. The molecular weight excluding hydrogens is 244 g/mol. The van der Waals surface area contributed by atoms with Crippen molar-refractivity contribution in [1.82, 2.24) is 20.2 Å². The van der Waals surface area contributed by atoms with Crippen molar-refractivity contribution >= 4 is 16.7 Å². The smallest absolute Gasteiger partial charge is 0.325 e. The molecule has 0 unspecified atom stereocenters. The van der Waals surface area contributed by atoms with E-state index < -0.39 is 5.97 Å². The molecule has 6 heteroatoms. The van der Waals surface area contributed by atoms with E-state index in [1.165, 1.54) is 4.68 Å². The Morgan fingerprint density at radius 3 is 2.74 bits per heavy atom. The number of benzene rings is 2. The Labute approximate surface area is 108 Å². The number of tetrazole rings is 1. The molecule has 0 fully saturated rings. The van der Waals surface area contributed by atoms with Gasteiger partial charge in [-0.25, -0.2) is 4.68 Å². The highest BCUT2D eigenvalue weighted by molar-refractivity contribution is 5.86. The van der Waals surface area contributed by atoms with E-state index in [1.54, 1.807) is 0 Å². The Kier molecular flexibility index (Phi) is 2.68. The Balaban J connectivity index is 2.09. The van der Waals surface area contributed by atoms with E-state index >= 15 is 0 Å². The lowest BCUT2D eigenvalue weighted by atomic mass is 10.1. The number of aromatic nitrogens is 4. The standard InChI is InChI=1S/C13H10N4O2/c18-12(19)8-17-13(14-15-16-17)11-6-5-9-3-1-2-4-10(9)7-11/h1-7H,8H2,(H,18,19). The molecule has 0 saturated carbocycles. The SMILES string of the molecule is O=C(O)Cn1nnnc1-c1ccc2ccccc2c1. The third-order valence-electron chi connectivity index (χ3n) is 2.82. The summed E-state index contributed by atoms with van der Waals surface area (Å²) in [5, 5.41) is 22.1. The lowest BCUT2D eigenvalue weighted by molar-refractivity contribution is -0.137. The molecule has 6 nitrogen and oxygen atoms in total. The van der Waals surface area contributed by atoms with Crippen molar-refractivity contribution < 1.29 is 9.90 Å². The minimum atomic E-state index is -0.977. The number of fused-ring (bicyclic) bond motifs is 1. The molecule has 0 saturated heterocycles. The Morgan fingerprint density at radius 2 is 1.95 bits per heavy atom. The number of carboxylic acid groups (broad SMARTS) is 1. The molecule has 0 aliphatic carbocycles. The van der Waals surface area contributed by atoms with Crippen LogP contribution in [0.1, 0.15) is 0 Å². The highest BCUT2D eigenvalue weighted by Crippen LogP contribution is 2.22. The summed E-state index contributed by atoms with van der Waals surface area (Å²) in [6, 6.07) is 13.7. The molecule has 94 valence electrons. The number of carboxylic acids is 1. The Morgan fingerprint density at radius 1 is 1.16 bits per heavy atom. The fourth-order valence-corrected chi connectivity index (χ4v) is 1.97. The van der Waals surface area contributed by atoms with E-state index in [0.717, 1.165) is 16.3 Å². The first-order valence-electron chi connectivity index (χ1n) is 5.71. The molecular formula is C13H10N4O2. The van der Waals surface area contributed by atoms with Crippen LogP contribution in [0.4, 0.5) is 0 Å². The lowest BCUT2D eigenvalue weighted by Crippen LogP contribution is -2.11.